The summed E-state index contributed by atoms with van der Waals surface area (Å²) in [5.74, 6) is 3.02. The molecule has 0 saturated carbocycles. The van der Waals surface area contributed by atoms with Crippen molar-refractivity contribution in [2.24, 2.45) is 0 Å². The summed E-state index contributed by atoms with van der Waals surface area (Å²) in [6.45, 7) is 1.36. The van der Waals surface area contributed by atoms with E-state index in [9.17, 15) is 0 Å². The van der Waals surface area contributed by atoms with Crippen LogP contribution in [0.5, 0.6) is 11.5 Å². The molecular weight excluding hydrogens is 191 g/mol. The molecule has 62 valence electrons. The largest absolute Gasteiger partial charge is 0.429 e. The van der Waals surface area contributed by atoms with Gasteiger partial charge in [-0.3, -0.25) is 0 Å². The molecule has 1 aromatic rings. The van der Waals surface area contributed by atoms with Gasteiger partial charge in [-0.25, -0.2) is 0 Å². The van der Waals surface area contributed by atoms with Crippen LogP contribution in [-0.2, 0) is 11.8 Å². The average Bonchev–Trinajstić information content (AvgIpc) is 2.42. The molecule has 12 heavy (non-hydrogen) atoms. The molecule has 0 N–H and O–H groups in total. The van der Waals surface area contributed by atoms with Crippen molar-refractivity contribution in [3.8, 4) is 11.5 Å². The van der Waals surface area contributed by atoms with Gasteiger partial charge in [0.25, 0.3) is 0 Å². The molecule has 0 aliphatic carbocycles. The lowest BCUT2D eigenvalue weighted by molar-refractivity contribution is 0.583. The minimum absolute atomic E-state index is 0.723. The lowest BCUT2D eigenvalue weighted by Crippen LogP contribution is -1.84. The summed E-state index contributed by atoms with van der Waals surface area (Å²) in [5, 5.41) is 0. The van der Waals surface area contributed by atoms with Gasteiger partial charge in [-0.05, 0) is 23.9 Å². The van der Waals surface area contributed by atoms with E-state index < -0.39 is 6.49 Å². The number of para-hydroxylation sites is 2. The Kier molecular flexibility index (Phi) is 1.71. The Bertz CT molecular complexity index is 346. The van der Waals surface area contributed by atoms with Gasteiger partial charge in [0.1, 0.15) is 0 Å². The van der Waals surface area contributed by atoms with Crippen LogP contribution in [0.1, 0.15) is 0 Å². The third kappa shape index (κ3) is 1.15. The predicted octanol–water partition coefficient (Wildman–Crippen LogP) is 2.91. The van der Waals surface area contributed by atoms with Crippen molar-refractivity contribution in [2.75, 3.05) is 0 Å². The van der Waals surface area contributed by atoms with E-state index in [-0.39, 0.29) is 0 Å². The van der Waals surface area contributed by atoms with Crippen molar-refractivity contribution < 1.29 is 9.05 Å². The molecule has 2 nitrogen and oxygen atoms in total. The van der Waals surface area contributed by atoms with E-state index >= 15 is 0 Å². The Labute approximate surface area is 76.0 Å². The molecule has 0 radical (unpaired) electrons. The van der Waals surface area contributed by atoms with Crippen LogP contribution in [0.25, 0.3) is 0 Å². The summed E-state index contributed by atoms with van der Waals surface area (Å²) in [6, 6.07) is 7.45. The first kappa shape index (κ1) is 7.84. The monoisotopic (exact) mass is 198 g/mol. The number of benzene rings is 1. The summed E-state index contributed by atoms with van der Waals surface area (Å²) in [5.41, 5.74) is 0. The van der Waals surface area contributed by atoms with Gasteiger partial charge in [0.05, 0.1) is 0 Å². The van der Waals surface area contributed by atoms with Crippen LogP contribution >= 0.6 is 6.49 Å². The highest BCUT2D eigenvalue weighted by Crippen LogP contribution is 2.58. The summed E-state index contributed by atoms with van der Waals surface area (Å²) in [6.07, 6.45) is 0. The van der Waals surface area contributed by atoms with E-state index in [1.807, 2.05) is 24.3 Å². The molecule has 1 aliphatic heterocycles. The second kappa shape index (κ2) is 2.61. The zero-order chi connectivity index (χ0) is 8.60. The van der Waals surface area contributed by atoms with E-state index in [0.29, 0.717) is 0 Å². The fourth-order valence-corrected chi connectivity index (χ4v) is 2.49. The van der Waals surface area contributed by atoms with Crippen LogP contribution in [0.4, 0.5) is 0 Å². The molecule has 1 aliphatic rings. The van der Waals surface area contributed by atoms with Crippen molar-refractivity contribution in [3.63, 3.8) is 0 Å². The molecule has 0 aromatic heterocycles. The highest BCUT2D eigenvalue weighted by molar-refractivity contribution is 8.11. The maximum atomic E-state index is 5.43. The van der Waals surface area contributed by atoms with E-state index in [4.69, 9.17) is 20.9 Å². The van der Waals surface area contributed by atoms with Crippen LogP contribution in [0.3, 0.4) is 0 Å². The minimum Gasteiger partial charge on any atom is -0.429 e. The van der Waals surface area contributed by atoms with Gasteiger partial charge in [-0.1, -0.05) is 18.7 Å². The smallest absolute Gasteiger partial charge is 0.311 e. The van der Waals surface area contributed by atoms with Gasteiger partial charge in [-0.15, -0.1) is 0 Å². The molecule has 1 heterocycles. The molecule has 0 saturated heterocycles. The quantitative estimate of drug-likeness (QED) is 0.646. The van der Waals surface area contributed by atoms with Crippen LogP contribution in [0.2, 0.25) is 0 Å². The van der Waals surface area contributed by atoms with Crippen molar-refractivity contribution >= 4 is 18.3 Å². The van der Waals surface area contributed by atoms with Crippen LogP contribution in [0, 0.1) is 0 Å². The molecule has 0 fully saturated rings. The Balaban J connectivity index is 2.46. The van der Waals surface area contributed by atoms with Gasteiger partial charge in [0.2, 0.25) is 0 Å². The third-order valence-electron chi connectivity index (χ3n) is 1.52. The molecule has 0 unspecified atom stereocenters. The topological polar surface area (TPSA) is 18.5 Å². The van der Waals surface area contributed by atoms with E-state index in [0.717, 1.165) is 11.5 Å². The number of hydrogen-bond donors (Lipinski definition) is 0. The molecule has 0 atom stereocenters. The third-order valence-corrected chi connectivity index (χ3v) is 3.77. The van der Waals surface area contributed by atoms with Crippen LogP contribution < -0.4 is 9.05 Å². The maximum Gasteiger partial charge on any atom is 0.311 e. The van der Waals surface area contributed by atoms with Gasteiger partial charge in [-0.2, -0.15) is 0 Å². The molecule has 0 bridgehead atoms. The molecule has 0 amide bonds. The summed E-state index contributed by atoms with van der Waals surface area (Å²) in [4.78, 5) is 0. The Morgan fingerprint density at radius 1 is 1.25 bits per heavy atom. The van der Waals surface area contributed by atoms with Crippen molar-refractivity contribution in [1.82, 2.24) is 0 Å². The first-order valence-electron chi connectivity index (χ1n) is 3.45. The SMILES string of the molecule is C=CP1(=S)Oc2ccccc2O1. The highest BCUT2D eigenvalue weighted by atomic mass is 32.5. The Morgan fingerprint density at radius 2 is 1.75 bits per heavy atom. The number of hydrogen-bond acceptors (Lipinski definition) is 3. The Morgan fingerprint density at radius 3 is 2.17 bits per heavy atom. The molecule has 2 rings (SSSR count). The normalized spacial score (nSPS) is 17.3. The summed E-state index contributed by atoms with van der Waals surface area (Å²) < 4.78 is 10.9. The molecule has 1 aromatic carbocycles. The fraction of sp³-hybridized carbons (Fsp3) is 0. The van der Waals surface area contributed by atoms with Crippen LogP contribution in [-0.4, -0.2) is 0 Å². The highest BCUT2D eigenvalue weighted by Gasteiger charge is 2.27. The standard InChI is InChI=1S/C8H7O2PS/c1-2-11(12)9-7-5-3-4-6-8(7)10-11/h2-6H,1H2. The molecule has 4 heteroatoms. The lowest BCUT2D eigenvalue weighted by Gasteiger charge is -2.06. The van der Waals surface area contributed by atoms with Crippen molar-refractivity contribution in [2.45, 2.75) is 0 Å². The van der Waals surface area contributed by atoms with E-state index in [2.05, 4.69) is 6.58 Å². The first-order chi connectivity index (χ1) is 5.73. The van der Waals surface area contributed by atoms with Gasteiger partial charge < -0.3 is 9.05 Å². The Hall–Kier alpha value is -0.790. The first-order valence-corrected chi connectivity index (χ1v) is 6.16. The van der Waals surface area contributed by atoms with Gasteiger partial charge >= 0.3 is 6.49 Å². The minimum atomic E-state index is -2.24. The maximum absolute atomic E-state index is 5.43. The zero-order valence-corrected chi connectivity index (χ0v) is 7.98. The van der Waals surface area contributed by atoms with Gasteiger partial charge in [0, 0.05) is 5.82 Å². The predicted molar refractivity (Wildman–Crippen MR) is 52.2 cm³/mol. The van der Waals surface area contributed by atoms with E-state index in [1.165, 1.54) is 0 Å². The zero-order valence-electron chi connectivity index (χ0n) is 6.27. The summed E-state index contributed by atoms with van der Waals surface area (Å²) >= 11 is 5.12. The second-order valence-corrected chi connectivity index (χ2v) is 5.69. The van der Waals surface area contributed by atoms with Crippen molar-refractivity contribution in [3.05, 3.63) is 36.7 Å². The fourth-order valence-electron chi connectivity index (χ4n) is 0.968. The average molecular weight is 198 g/mol. The molecule has 0 spiro atoms. The molecular formula is C8H7O2PS. The van der Waals surface area contributed by atoms with Gasteiger partial charge in [0.15, 0.2) is 11.5 Å². The van der Waals surface area contributed by atoms with Crippen molar-refractivity contribution in [1.29, 1.82) is 0 Å². The van der Waals surface area contributed by atoms with Crippen LogP contribution in [0.15, 0.2) is 36.7 Å². The summed E-state index contributed by atoms with van der Waals surface area (Å²) in [7, 11) is 0. The van der Waals surface area contributed by atoms with E-state index in [1.54, 1.807) is 5.82 Å². The second-order valence-electron chi connectivity index (χ2n) is 2.35. The lowest BCUT2D eigenvalue weighted by atomic mass is 10.3. The number of rotatable bonds is 1. The number of fused-ring (bicyclic) bond motifs is 1.